The van der Waals surface area contributed by atoms with E-state index < -0.39 is 0 Å². The summed E-state index contributed by atoms with van der Waals surface area (Å²) in [6, 6.07) is 93.7. The molecule has 0 saturated carbocycles. The Bertz CT molecular complexity index is 4080. The molecule has 13 aromatic rings. The number of fused-ring (bicyclic) bond motifs is 11. The van der Waals surface area contributed by atoms with Crippen molar-refractivity contribution in [3.05, 3.63) is 255 Å². The van der Waals surface area contributed by atoms with Gasteiger partial charge in [0.1, 0.15) is 0 Å². The molecule has 1 aliphatic heterocycles. The molecule has 14 rings (SSSR count). The van der Waals surface area contributed by atoms with E-state index in [1.807, 2.05) is 0 Å². The van der Waals surface area contributed by atoms with Gasteiger partial charge >= 0.3 is 0 Å². The van der Waals surface area contributed by atoms with Crippen LogP contribution in [0.2, 0.25) is 0 Å². The van der Waals surface area contributed by atoms with E-state index in [0.717, 1.165) is 5.69 Å². The van der Waals surface area contributed by atoms with Crippen LogP contribution in [0, 0.1) is 0 Å². The van der Waals surface area contributed by atoms with Crippen LogP contribution in [-0.2, 0) is 0 Å². The molecular weight excluding hydrogens is 821 g/mol. The third kappa shape index (κ3) is 6.05. The van der Waals surface area contributed by atoms with Gasteiger partial charge in [0, 0.05) is 38.4 Å². The van der Waals surface area contributed by atoms with Gasteiger partial charge in [0.25, 0.3) is 0 Å². The minimum absolute atomic E-state index is 1.15. The van der Waals surface area contributed by atoms with Gasteiger partial charge in [-0.05, 0) is 121 Å². The number of nitrogens with zero attached hydrogens (tertiary/aromatic N) is 2. The van der Waals surface area contributed by atoms with E-state index in [9.17, 15) is 0 Å². The Balaban J connectivity index is 0.808. The molecule has 0 bridgehead atoms. The predicted molar refractivity (Wildman–Crippen MR) is 287 cm³/mol. The Kier molecular flexibility index (Phi) is 8.62. The lowest BCUT2D eigenvalue weighted by Gasteiger charge is -2.15. The van der Waals surface area contributed by atoms with Gasteiger partial charge in [0.05, 0.1) is 27.8 Å². The molecule has 0 unspecified atom stereocenters. The van der Waals surface area contributed by atoms with Gasteiger partial charge < -0.3 is 9.13 Å². The fourth-order valence-electron chi connectivity index (χ4n) is 11.0. The van der Waals surface area contributed by atoms with Gasteiger partial charge in [-0.3, -0.25) is 0 Å². The molecule has 0 saturated heterocycles. The monoisotopic (exact) mass is 862 g/mol. The van der Waals surface area contributed by atoms with E-state index >= 15 is 0 Å². The molecular formula is C66H42N2. The smallest absolute Gasteiger partial charge is 0.0619 e. The number of hydrogen-bond donors (Lipinski definition) is 0. The molecule has 2 heteroatoms. The average molecular weight is 863 g/mol. The van der Waals surface area contributed by atoms with E-state index in [2.05, 4.69) is 264 Å². The van der Waals surface area contributed by atoms with Crippen molar-refractivity contribution in [3.8, 4) is 89.3 Å². The molecule has 2 aromatic heterocycles. The highest BCUT2D eigenvalue weighted by molar-refractivity contribution is 6.17. The molecule has 2 nitrogen and oxygen atoms in total. The highest BCUT2D eigenvalue weighted by Gasteiger charge is 2.25. The van der Waals surface area contributed by atoms with E-state index in [-0.39, 0.29) is 0 Å². The highest BCUT2D eigenvalue weighted by atomic mass is 15.0. The van der Waals surface area contributed by atoms with Crippen molar-refractivity contribution in [2.45, 2.75) is 0 Å². The number of rotatable bonds is 6. The first-order valence-corrected chi connectivity index (χ1v) is 23.5. The second-order valence-corrected chi connectivity index (χ2v) is 18.1. The van der Waals surface area contributed by atoms with Gasteiger partial charge in [-0.1, -0.05) is 200 Å². The largest absolute Gasteiger partial charge is 0.309 e. The Morgan fingerprint density at radius 1 is 0.206 bits per heavy atom. The summed E-state index contributed by atoms with van der Waals surface area (Å²) in [6.07, 6.45) is 0. The zero-order chi connectivity index (χ0) is 44.7. The number of para-hydroxylation sites is 2. The molecule has 0 spiro atoms. The summed E-state index contributed by atoms with van der Waals surface area (Å²) >= 11 is 0. The summed E-state index contributed by atoms with van der Waals surface area (Å²) in [4.78, 5) is 0. The van der Waals surface area contributed by atoms with Crippen LogP contribution in [-0.4, -0.2) is 9.13 Å². The van der Waals surface area contributed by atoms with Gasteiger partial charge in [0.15, 0.2) is 0 Å². The van der Waals surface area contributed by atoms with Crippen molar-refractivity contribution in [1.82, 2.24) is 9.13 Å². The lowest BCUT2D eigenvalue weighted by Crippen LogP contribution is -1.96. The molecule has 0 N–H and O–H groups in total. The van der Waals surface area contributed by atoms with E-state index in [0.29, 0.717) is 0 Å². The first-order chi connectivity index (χ1) is 33.7. The fraction of sp³-hybridized carbons (Fsp3) is 0. The maximum Gasteiger partial charge on any atom is 0.0619 e. The van der Waals surface area contributed by atoms with Crippen molar-refractivity contribution < 1.29 is 0 Å². The quantitative estimate of drug-likeness (QED) is 0.158. The minimum Gasteiger partial charge on any atom is -0.309 e. The lowest BCUT2D eigenvalue weighted by atomic mass is 9.91. The van der Waals surface area contributed by atoms with Crippen LogP contribution in [0.4, 0.5) is 0 Å². The van der Waals surface area contributed by atoms with Crippen molar-refractivity contribution in [1.29, 1.82) is 0 Å². The van der Waals surface area contributed by atoms with Gasteiger partial charge in [-0.2, -0.15) is 0 Å². The normalized spacial score (nSPS) is 11.8. The Hall–Kier alpha value is -8.98. The molecule has 11 aromatic carbocycles. The molecule has 316 valence electrons. The first-order valence-electron chi connectivity index (χ1n) is 23.5. The van der Waals surface area contributed by atoms with Gasteiger partial charge in [-0.15, -0.1) is 0 Å². The molecule has 0 radical (unpaired) electrons. The van der Waals surface area contributed by atoms with Crippen LogP contribution in [0.1, 0.15) is 0 Å². The van der Waals surface area contributed by atoms with E-state index in [4.69, 9.17) is 0 Å². The van der Waals surface area contributed by atoms with Gasteiger partial charge in [-0.25, -0.2) is 0 Å². The zero-order valence-electron chi connectivity index (χ0n) is 37.1. The fourth-order valence-corrected chi connectivity index (χ4v) is 11.0. The number of aromatic nitrogens is 2. The van der Waals surface area contributed by atoms with Crippen LogP contribution in [0.15, 0.2) is 255 Å². The second kappa shape index (κ2) is 15.3. The molecule has 0 amide bonds. The predicted octanol–water partition coefficient (Wildman–Crippen LogP) is 17.9. The molecule has 0 aliphatic carbocycles. The van der Waals surface area contributed by atoms with Crippen molar-refractivity contribution >= 4 is 43.6 Å². The maximum absolute atomic E-state index is 2.51. The van der Waals surface area contributed by atoms with E-state index in [1.54, 1.807) is 0 Å². The van der Waals surface area contributed by atoms with Crippen molar-refractivity contribution in [2.24, 2.45) is 0 Å². The van der Waals surface area contributed by atoms with Crippen LogP contribution >= 0.6 is 0 Å². The Morgan fingerprint density at radius 3 is 1.24 bits per heavy atom. The van der Waals surface area contributed by atoms with Crippen LogP contribution in [0.3, 0.4) is 0 Å². The molecule has 3 heterocycles. The molecule has 1 aliphatic rings. The van der Waals surface area contributed by atoms with Crippen LogP contribution in [0.25, 0.3) is 133 Å². The molecule has 68 heavy (non-hydrogen) atoms. The van der Waals surface area contributed by atoms with Crippen LogP contribution in [0.5, 0.6) is 0 Å². The van der Waals surface area contributed by atoms with Crippen molar-refractivity contribution in [2.75, 3.05) is 0 Å². The summed E-state index contributed by atoms with van der Waals surface area (Å²) in [5.41, 5.74) is 24.4. The topological polar surface area (TPSA) is 9.86 Å². The maximum atomic E-state index is 2.51. The highest BCUT2D eigenvalue weighted by Crippen LogP contribution is 2.48. The Morgan fingerprint density at radius 2 is 0.603 bits per heavy atom. The summed E-state index contributed by atoms with van der Waals surface area (Å²) < 4.78 is 4.91. The molecule has 0 atom stereocenters. The van der Waals surface area contributed by atoms with Gasteiger partial charge in [0.2, 0.25) is 0 Å². The minimum atomic E-state index is 1.15. The Labute approximate surface area is 394 Å². The summed E-state index contributed by atoms with van der Waals surface area (Å²) in [5.74, 6) is 0. The van der Waals surface area contributed by atoms with E-state index in [1.165, 1.54) is 127 Å². The molecule has 0 fully saturated rings. The summed E-state index contributed by atoms with van der Waals surface area (Å²) in [6.45, 7) is 0. The second-order valence-electron chi connectivity index (χ2n) is 18.1. The first kappa shape index (κ1) is 38.3. The SMILES string of the molecule is c1ccc(-c2ccc(-c3ccc(-n4c5ccccc5c5cc(-c6ccc(-c7ccc8c(c7)c7cccc9c7n8-c7ccc(-c8ccccc8)cc7-c7ccccc7-9)cc6)ccc54)cc3)cc2)cc1. The zero-order valence-corrected chi connectivity index (χ0v) is 37.1. The third-order valence-corrected chi connectivity index (χ3v) is 14.3. The summed E-state index contributed by atoms with van der Waals surface area (Å²) in [5, 5.41) is 5.02. The summed E-state index contributed by atoms with van der Waals surface area (Å²) in [7, 11) is 0. The number of hydrogen-bond acceptors (Lipinski definition) is 0. The van der Waals surface area contributed by atoms with Crippen LogP contribution < -0.4 is 0 Å². The average Bonchev–Trinajstić information content (AvgIpc) is 3.89. The lowest BCUT2D eigenvalue weighted by molar-refractivity contribution is 1.18. The number of benzene rings is 11. The standard InChI is InChI=1S/C66H42N2/c1-3-12-43(13-4-1)45-22-24-46(25-23-45)47-30-35-53(36-31-47)67-62-21-10-9-18-56(62)60-41-51(32-37-63(60)67)48-26-28-49(29-27-48)52-34-39-65-61(42-52)58-20-11-19-57-54-16-7-8-17-55(54)59-40-50(44-14-5-2-6-15-44)33-38-64(59)68(65)66(57)58/h1-42H. The third-order valence-electron chi connectivity index (χ3n) is 14.3. The van der Waals surface area contributed by atoms with Crippen molar-refractivity contribution in [3.63, 3.8) is 0 Å².